The molecule has 4 nitrogen and oxygen atoms in total. The number of nitrogens with zero attached hydrogens (tertiary/aromatic N) is 3. The second-order valence-electron chi connectivity index (χ2n) is 1.97. The Bertz CT molecular complexity index is 249. The van der Waals surface area contributed by atoms with Gasteiger partial charge >= 0.3 is 0 Å². The quantitative estimate of drug-likeness (QED) is 0.497. The molecule has 0 fully saturated rings. The third kappa shape index (κ3) is 2.38. The summed E-state index contributed by atoms with van der Waals surface area (Å²) in [5.74, 6) is 1.18. The van der Waals surface area contributed by atoms with Gasteiger partial charge in [0.2, 0.25) is 0 Å². The topological polar surface area (TPSA) is 56.2 Å². The highest BCUT2D eigenvalue weighted by Crippen LogP contribution is 1.91. The molecular formula is C8H16N4. The number of aryl methyl sites for hydroxylation is 1. The van der Waals surface area contributed by atoms with E-state index >= 15 is 0 Å². The molecule has 0 radical (unpaired) electrons. The highest BCUT2D eigenvalue weighted by molar-refractivity contribution is 5.94. The Balaban J connectivity index is 0.000000561. The Hall–Kier alpha value is -1.32. The maximum absolute atomic E-state index is 5.51. The number of aromatic nitrogens is 2. The molecule has 1 heterocycles. The summed E-state index contributed by atoms with van der Waals surface area (Å²) < 4.78 is 1.82. The van der Waals surface area contributed by atoms with Gasteiger partial charge in [-0.25, -0.2) is 4.98 Å². The Morgan fingerprint density at radius 3 is 2.50 bits per heavy atom. The lowest BCUT2D eigenvalue weighted by Crippen LogP contribution is -2.17. The summed E-state index contributed by atoms with van der Waals surface area (Å²) in [4.78, 5) is 7.80. The van der Waals surface area contributed by atoms with Gasteiger partial charge in [-0.2, -0.15) is 0 Å². The van der Waals surface area contributed by atoms with E-state index in [2.05, 4.69) is 9.98 Å². The first-order valence-corrected chi connectivity index (χ1v) is 3.95. The predicted molar refractivity (Wildman–Crippen MR) is 51.2 cm³/mol. The van der Waals surface area contributed by atoms with E-state index in [-0.39, 0.29) is 0 Å². The number of rotatable bonds is 1. The Morgan fingerprint density at radius 2 is 2.17 bits per heavy atom. The van der Waals surface area contributed by atoms with Crippen molar-refractivity contribution in [1.82, 2.24) is 9.55 Å². The molecule has 0 unspecified atom stereocenters. The fraction of sp³-hybridized carbons (Fsp3) is 0.500. The lowest BCUT2D eigenvalue weighted by Gasteiger charge is -1.97. The smallest absolute Gasteiger partial charge is 0.174 e. The first-order valence-electron chi connectivity index (χ1n) is 3.95. The summed E-state index contributed by atoms with van der Waals surface area (Å²) >= 11 is 0. The van der Waals surface area contributed by atoms with Crippen LogP contribution < -0.4 is 5.73 Å². The van der Waals surface area contributed by atoms with Crippen molar-refractivity contribution in [2.24, 2.45) is 17.8 Å². The van der Waals surface area contributed by atoms with Gasteiger partial charge in [0.25, 0.3) is 0 Å². The number of aliphatic imine (C=N–C) groups is 1. The van der Waals surface area contributed by atoms with Gasteiger partial charge in [-0.15, -0.1) is 0 Å². The first-order chi connectivity index (χ1) is 5.75. The van der Waals surface area contributed by atoms with Crippen LogP contribution in [0.15, 0.2) is 17.4 Å². The van der Waals surface area contributed by atoms with Crippen molar-refractivity contribution in [2.45, 2.75) is 13.8 Å². The normalized spacial score (nSPS) is 10.5. The minimum absolute atomic E-state index is 0.465. The van der Waals surface area contributed by atoms with Gasteiger partial charge in [-0.3, -0.25) is 4.99 Å². The highest BCUT2D eigenvalue weighted by atomic mass is 15.1. The van der Waals surface area contributed by atoms with Crippen LogP contribution in [0.25, 0.3) is 0 Å². The summed E-state index contributed by atoms with van der Waals surface area (Å²) in [6, 6.07) is 0. The van der Waals surface area contributed by atoms with Crippen LogP contribution in [0.2, 0.25) is 0 Å². The Morgan fingerprint density at radius 1 is 1.58 bits per heavy atom. The second kappa shape index (κ2) is 5.35. The van der Waals surface area contributed by atoms with E-state index in [4.69, 9.17) is 5.73 Å². The lowest BCUT2D eigenvalue weighted by molar-refractivity contribution is 0.894. The first kappa shape index (κ1) is 10.7. The van der Waals surface area contributed by atoms with Crippen molar-refractivity contribution in [3.8, 4) is 0 Å². The van der Waals surface area contributed by atoms with E-state index in [9.17, 15) is 0 Å². The molecule has 68 valence electrons. The number of hydrogen-bond acceptors (Lipinski definition) is 2. The summed E-state index contributed by atoms with van der Waals surface area (Å²) in [6.45, 7) is 4.00. The number of amidine groups is 1. The number of nitrogens with two attached hydrogens (primary N) is 1. The van der Waals surface area contributed by atoms with Crippen LogP contribution in [0.5, 0.6) is 0 Å². The van der Waals surface area contributed by atoms with Gasteiger partial charge in [0.15, 0.2) is 11.7 Å². The van der Waals surface area contributed by atoms with Crippen molar-refractivity contribution in [3.63, 3.8) is 0 Å². The summed E-state index contributed by atoms with van der Waals surface area (Å²) in [5.41, 5.74) is 5.51. The lowest BCUT2D eigenvalue weighted by atomic mass is 10.5. The molecule has 0 bridgehead atoms. The van der Waals surface area contributed by atoms with E-state index in [0.717, 1.165) is 0 Å². The monoisotopic (exact) mass is 168 g/mol. The molecule has 4 heteroatoms. The van der Waals surface area contributed by atoms with Crippen molar-refractivity contribution in [2.75, 3.05) is 7.05 Å². The van der Waals surface area contributed by atoms with E-state index < -0.39 is 0 Å². The minimum atomic E-state index is 0.465. The third-order valence-electron chi connectivity index (χ3n) is 1.29. The molecule has 1 rings (SSSR count). The fourth-order valence-corrected chi connectivity index (χ4v) is 0.712. The number of hydrogen-bond donors (Lipinski definition) is 1. The molecule has 1 aromatic rings. The predicted octanol–water partition coefficient (Wildman–Crippen LogP) is 0.781. The van der Waals surface area contributed by atoms with E-state index in [1.807, 2.05) is 31.7 Å². The zero-order valence-corrected chi connectivity index (χ0v) is 8.07. The van der Waals surface area contributed by atoms with Gasteiger partial charge in [0.05, 0.1) is 0 Å². The molecule has 0 aliphatic carbocycles. The Labute approximate surface area is 73.1 Å². The van der Waals surface area contributed by atoms with E-state index in [1.54, 1.807) is 13.2 Å². The van der Waals surface area contributed by atoms with Crippen LogP contribution in [-0.4, -0.2) is 22.4 Å². The van der Waals surface area contributed by atoms with E-state index in [0.29, 0.717) is 11.7 Å². The van der Waals surface area contributed by atoms with Crippen LogP contribution in [-0.2, 0) is 7.05 Å². The second-order valence-corrected chi connectivity index (χ2v) is 1.97. The van der Waals surface area contributed by atoms with Gasteiger partial charge in [-0.1, -0.05) is 13.8 Å². The molecule has 0 atom stereocenters. The average Bonchev–Trinajstić information content (AvgIpc) is 2.54. The van der Waals surface area contributed by atoms with Gasteiger partial charge in [0.1, 0.15) is 0 Å². The largest absolute Gasteiger partial charge is 0.381 e. The fourth-order valence-electron chi connectivity index (χ4n) is 0.712. The maximum Gasteiger partial charge on any atom is 0.174 e. The molecule has 12 heavy (non-hydrogen) atoms. The standard InChI is InChI=1S/C6H10N4.C2H6/c1-8-5(7)6-9-3-4-10(6)2;1-2/h3-4H,1-2H3,(H2,7,8);1-2H3. The van der Waals surface area contributed by atoms with Gasteiger partial charge in [-0.05, 0) is 0 Å². The van der Waals surface area contributed by atoms with Gasteiger partial charge in [0, 0.05) is 26.5 Å². The van der Waals surface area contributed by atoms with Crippen LogP contribution in [0.3, 0.4) is 0 Å². The van der Waals surface area contributed by atoms with Crippen LogP contribution in [0, 0.1) is 0 Å². The van der Waals surface area contributed by atoms with Crippen molar-refractivity contribution in [3.05, 3.63) is 18.2 Å². The zero-order chi connectivity index (χ0) is 9.56. The minimum Gasteiger partial charge on any atom is -0.381 e. The molecule has 0 saturated heterocycles. The average molecular weight is 168 g/mol. The molecule has 0 amide bonds. The Kier molecular flexibility index (Phi) is 4.76. The molecule has 2 N–H and O–H groups in total. The summed E-state index contributed by atoms with van der Waals surface area (Å²) in [6.07, 6.45) is 3.51. The molecular weight excluding hydrogens is 152 g/mol. The molecule has 0 aliphatic rings. The van der Waals surface area contributed by atoms with Crippen LogP contribution in [0.4, 0.5) is 0 Å². The highest BCUT2D eigenvalue weighted by Gasteiger charge is 2.00. The summed E-state index contributed by atoms with van der Waals surface area (Å²) in [5, 5.41) is 0. The van der Waals surface area contributed by atoms with Crippen molar-refractivity contribution < 1.29 is 0 Å². The number of imidazole rings is 1. The molecule has 0 spiro atoms. The zero-order valence-electron chi connectivity index (χ0n) is 8.07. The third-order valence-corrected chi connectivity index (χ3v) is 1.29. The molecule has 1 aromatic heterocycles. The summed E-state index contributed by atoms with van der Waals surface area (Å²) in [7, 11) is 3.52. The SMILES string of the molecule is CC.CN=C(N)c1nccn1C. The van der Waals surface area contributed by atoms with Crippen molar-refractivity contribution >= 4 is 5.84 Å². The molecule has 0 aromatic carbocycles. The van der Waals surface area contributed by atoms with Crippen LogP contribution in [0.1, 0.15) is 19.7 Å². The molecule has 0 aliphatic heterocycles. The maximum atomic E-state index is 5.51. The van der Waals surface area contributed by atoms with Crippen molar-refractivity contribution in [1.29, 1.82) is 0 Å². The van der Waals surface area contributed by atoms with Gasteiger partial charge < -0.3 is 10.3 Å². The molecule has 0 saturated carbocycles. The van der Waals surface area contributed by atoms with Crippen LogP contribution >= 0.6 is 0 Å². The van der Waals surface area contributed by atoms with E-state index in [1.165, 1.54) is 0 Å².